The van der Waals surface area contributed by atoms with E-state index in [1.807, 2.05) is 12.1 Å². The van der Waals surface area contributed by atoms with Crippen LogP contribution < -0.4 is 0 Å². The highest BCUT2D eigenvalue weighted by Crippen LogP contribution is 2.40. The van der Waals surface area contributed by atoms with Crippen molar-refractivity contribution in [3.63, 3.8) is 0 Å². The Bertz CT molecular complexity index is 870. The van der Waals surface area contributed by atoms with Gasteiger partial charge in [-0.25, -0.2) is 0 Å². The Morgan fingerprint density at radius 3 is 1.35 bits per heavy atom. The van der Waals surface area contributed by atoms with Crippen molar-refractivity contribution in [2.24, 2.45) is 0 Å². The zero-order valence-corrected chi connectivity index (χ0v) is 16.6. The molecule has 0 saturated carbocycles. The van der Waals surface area contributed by atoms with Gasteiger partial charge in [0.25, 0.3) is 0 Å². The van der Waals surface area contributed by atoms with E-state index in [9.17, 15) is 20.4 Å². The van der Waals surface area contributed by atoms with E-state index < -0.39 is 12.2 Å². The van der Waals surface area contributed by atoms with Gasteiger partial charge in [0.15, 0.2) is 0 Å². The zero-order chi connectivity index (χ0) is 18.8. The Morgan fingerprint density at radius 2 is 0.962 bits per heavy atom. The highest BCUT2D eigenvalue weighted by atomic mass is 79.9. The fourth-order valence-electron chi connectivity index (χ4n) is 2.78. The second-order valence-corrected chi connectivity index (χ2v) is 7.53. The van der Waals surface area contributed by atoms with Crippen LogP contribution in [-0.4, -0.2) is 20.4 Å². The summed E-state index contributed by atoms with van der Waals surface area (Å²) in [6.45, 7) is 0. The van der Waals surface area contributed by atoms with Crippen molar-refractivity contribution >= 4 is 31.9 Å². The number of phenols is 2. The molecule has 0 aliphatic rings. The van der Waals surface area contributed by atoms with Crippen molar-refractivity contribution in [3.8, 4) is 11.5 Å². The van der Waals surface area contributed by atoms with Crippen molar-refractivity contribution in [3.05, 3.63) is 91.9 Å². The van der Waals surface area contributed by atoms with Crippen LogP contribution in [0.2, 0.25) is 0 Å². The predicted octanol–water partition coefficient (Wildman–Crippen LogP) is 4.79. The number of aliphatic hydroxyl groups is 2. The number of aromatic hydroxyl groups is 2. The van der Waals surface area contributed by atoms with Gasteiger partial charge in [-0.3, -0.25) is 0 Å². The number of halogens is 2. The number of rotatable bonds is 4. The molecule has 3 aromatic rings. The number of aliphatic hydroxyl groups excluding tert-OH is 2. The Labute approximate surface area is 167 Å². The van der Waals surface area contributed by atoms with Crippen LogP contribution in [0.3, 0.4) is 0 Å². The van der Waals surface area contributed by atoms with Crippen LogP contribution in [0, 0.1) is 0 Å². The molecule has 3 rings (SSSR count). The first kappa shape index (κ1) is 18.9. The van der Waals surface area contributed by atoms with Crippen molar-refractivity contribution in [2.75, 3.05) is 0 Å². The van der Waals surface area contributed by atoms with Crippen LogP contribution >= 0.6 is 31.9 Å². The van der Waals surface area contributed by atoms with Gasteiger partial charge < -0.3 is 20.4 Å². The van der Waals surface area contributed by atoms with Crippen molar-refractivity contribution in [2.45, 2.75) is 12.2 Å². The van der Waals surface area contributed by atoms with Gasteiger partial charge in [-0.1, -0.05) is 68.3 Å². The van der Waals surface area contributed by atoms with Gasteiger partial charge in [-0.05, 0) is 29.3 Å². The minimum atomic E-state index is -1.13. The molecule has 4 nitrogen and oxygen atoms in total. The Kier molecular flexibility index (Phi) is 5.67. The summed E-state index contributed by atoms with van der Waals surface area (Å²) in [5, 5.41) is 41.9. The van der Waals surface area contributed by atoms with Gasteiger partial charge in [0, 0.05) is 26.1 Å². The molecule has 0 amide bonds. The molecule has 3 aromatic carbocycles. The summed E-state index contributed by atoms with van der Waals surface area (Å²) in [5.74, 6) is -0.511. The molecule has 26 heavy (non-hydrogen) atoms. The monoisotopic (exact) mass is 478 g/mol. The van der Waals surface area contributed by atoms with Gasteiger partial charge in [-0.2, -0.15) is 0 Å². The van der Waals surface area contributed by atoms with E-state index in [1.165, 1.54) is 6.07 Å². The first-order chi connectivity index (χ1) is 12.4. The van der Waals surface area contributed by atoms with E-state index in [1.54, 1.807) is 36.4 Å². The van der Waals surface area contributed by atoms with E-state index in [0.717, 1.165) is 6.07 Å². The van der Waals surface area contributed by atoms with E-state index in [2.05, 4.69) is 31.9 Å². The van der Waals surface area contributed by atoms with Gasteiger partial charge in [-0.15, -0.1) is 0 Å². The second kappa shape index (κ2) is 7.80. The van der Waals surface area contributed by atoms with Crippen LogP contribution in [0.25, 0.3) is 0 Å². The van der Waals surface area contributed by atoms with E-state index >= 15 is 0 Å². The SMILES string of the molecule is Oc1cc(O)c(C(O)c2ccccc2Br)cc1C(O)c1ccccc1Br. The van der Waals surface area contributed by atoms with Crippen LogP contribution in [0.15, 0.2) is 69.6 Å². The quantitative estimate of drug-likeness (QED) is 0.433. The Balaban J connectivity index is 2.08. The molecule has 0 bridgehead atoms. The molecule has 0 aliphatic heterocycles. The average Bonchev–Trinajstić information content (AvgIpc) is 2.61. The van der Waals surface area contributed by atoms with Crippen molar-refractivity contribution in [1.82, 2.24) is 0 Å². The first-order valence-corrected chi connectivity index (χ1v) is 9.39. The summed E-state index contributed by atoms with van der Waals surface area (Å²) < 4.78 is 1.38. The molecule has 0 fully saturated rings. The summed E-state index contributed by atoms with van der Waals surface area (Å²) in [4.78, 5) is 0. The summed E-state index contributed by atoms with van der Waals surface area (Å²) >= 11 is 6.76. The molecule has 2 atom stereocenters. The molecule has 0 aromatic heterocycles. The predicted molar refractivity (Wildman–Crippen MR) is 106 cm³/mol. The van der Waals surface area contributed by atoms with E-state index in [-0.39, 0.29) is 22.6 Å². The number of hydrogen-bond donors (Lipinski definition) is 4. The first-order valence-electron chi connectivity index (χ1n) is 7.81. The third-order valence-electron chi connectivity index (χ3n) is 4.16. The fraction of sp³-hybridized carbons (Fsp3) is 0.100. The molecular formula is C20H16Br2O4. The third kappa shape index (κ3) is 3.64. The smallest absolute Gasteiger partial charge is 0.125 e. The van der Waals surface area contributed by atoms with Gasteiger partial charge in [0.2, 0.25) is 0 Å². The molecule has 4 N–H and O–H groups in total. The Morgan fingerprint density at radius 1 is 0.577 bits per heavy atom. The molecule has 2 unspecified atom stereocenters. The second-order valence-electron chi connectivity index (χ2n) is 5.82. The largest absolute Gasteiger partial charge is 0.507 e. The van der Waals surface area contributed by atoms with Gasteiger partial charge in [0.1, 0.15) is 23.7 Å². The lowest BCUT2D eigenvalue weighted by Crippen LogP contribution is -2.06. The van der Waals surface area contributed by atoms with Crippen molar-refractivity contribution < 1.29 is 20.4 Å². The lowest BCUT2D eigenvalue weighted by Gasteiger charge is -2.20. The number of benzene rings is 3. The van der Waals surface area contributed by atoms with Gasteiger partial charge >= 0.3 is 0 Å². The normalized spacial score (nSPS) is 13.4. The minimum absolute atomic E-state index is 0.191. The molecular weight excluding hydrogens is 464 g/mol. The maximum Gasteiger partial charge on any atom is 0.125 e. The zero-order valence-electron chi connectivity index (χ0n) is 13.5. The van der Waals surface area contributed by atoms with Crippen LogP contribution in [0.1, 0.15) is 34.5 Å². The standard InChI is InChI=1S/C20H16Br2O4/c21-15-7-3-1-5-11(15)19(25)13-9-14(18(24)10-17(13)23)20(26)12-6-2-4-8-16(12)22/h1-10,19-20,23-26H. The Hall–Kier alpha value is -1.86. The summed E-state index contributed by atoms with van der Waals surface area (Å²) in [7, 11) is 0. The molecule has 0 spiro atoms. The molecule has 0 saturated heterocycles. The van der Waals surface area contributed by atoms with Gasteiger partial charge in [0.05, 0.1) is 0 Å². The molecule has 0 heterocycles. The average molecular weight is 480 g/mol. The lowest BCUT2D eigenvalue weighted by molar-refractivity contribution is 0.206. The molecule has 0 aliphatic carbocycles. The number of hydrogen-bond acceptors (Lipinski definition) is 4. The lowest BCUT2D eigenvalue weighted by atomic mass is 9.94. The van der Waals surface area contributed by atoms with Crippen LogP contribution in [0.4, 0.5) is 0 Å². The third-order valence-corrected chi connectivity index (χ3v) is 5.61. The highest BCUT2D eigenvalue weighted by molar-refractivity contribution is 9.10. The molecule has 0 radical (unpaired) electrons. The number of phenolic OH excluding ortho intramolecular Hbond substituents is 2. The van der Waals surface area contributed by atoms with Crippen LogP contribution in [0.5, 0.6) is 11.5 Å². The molecule has 134 valence electrons. The molecule has 6 heteroatoms. The maximum atomic E-state index is 10.7. The minimum Gasteiger partial charge on any atom is -0.507 e. The highest BCUT2D eigenvalue weighted by Gasteiger charge is 2.23. The summed E-state index contributed by atoms with van der Waals surface area (Å²) in [6, 6.07) is 16.8. The topological polar surface area (TPSA) is 80.9 Å². The van der Waals surface area contributed by atoms with Crippen molar-refractivity contribution in [1.29, 1.82) is 0 Å². The van der Waals surface area contributed by atoms with Crippen LogP contribution in [-0.2, 0) is 0 Å². The van der Waals surface area contributed by atoms with E-state index in [4.69, 9.17) is 0 Å². The summed E-state index contributed by atoms with van der Waals surface area (Å²) in [5.41, 5.74) is 1.51. The summed E-state index contributed by atoms with van der Waals surface area (Å²) in [6.07, 6.45) is -2.26. The maximum absolute atomic E-state index is 10.7. The van der Waals surface area contributed by atoms with E-state index in [0.29, 0.717) is 20.1 Å². The fourth-order valence-corrected chi connectivity index (χ4v) is 3.78.